The summed E-state index contributed by atoms with van der Waals surface area (Å²) in [7, 11) is 0. The summed E-state index contributed by atoms with van der Waals surface area (Å²) in [6, 6.07) is 0.701. The SMILES string of the molecule is CCC1CCC(NC2=NCC3(CCCC3)CS2)CC1. The van der Waals surface area contributed by atoms with Crippen LogP contribution in [0.15, 0.2) is 4.99 Å². The lowest BCUT2D eigenvalue weighted by Crippen LogP contribution is -2.40. The molecule has 1 spiro atoms. The minimum absolute atomic E-state index is 0.579. The summed E-state index contributed by atoms with van der Waals surface area (Å²) in [6.07, 6.45) is 12.6. The van der Waals surface area contributed by atoms with Crippen LogP contribution in [0.3, 0.4) is 0 Å². The first-order valence-electron chi connectivity index (χ1n) is 8.23. The molecule has 19 heavy (non-hydrogen) atoms. The van der Waals surface area contributed by atoms with Crippen molar-refractivity contribution in [2.75, 3.05) is 12.3 Å². The molecule has 2 nitrogen and oxygen atoms in total. The molecular formula is C16H28N2S. The first-order chi connectivity index (χ1) is 9.30. The standard InChI is InChI=1S/C16H28N2S/c1-2-13-5-7-14(8-6-13)18-15-17-11-16(12-19-15)9-3-4-10-16/h13-14H,2-12H2,1H3,(H,17,18). The van der Waals surface area contributed by atoms with E-state index in [-0.39, 0.29) is 0 Å². The van der Waals surface area contributed by atoms with Gasteiger partial charge in [-0.25, -0.2) is 0 Å². The van der Waals surface area contributed by atoms with Crippen LogP contribution >= 0.6 is 11.8 Å². The lowest BCUT2D eigenvalue weighted by Gasteiger charge is -2.34. The van der Waals surface area contributed by atoms with Crippen molar-refractivity contribution in [2.45, 2.75) is 70.8 Å². The number of nitrogens with one attached hydrogen (secondary N) is 1. The number of hydrogen-bond acceptors (Lipinski definition) is 3. The van der Waals surface area contributed by atoms with Crippen molar-refractivity contribution in [3.8, 4) is 0 Å². The van der Waals surface area contributed by atoms with Crippen LogP contribution in [0.4, 0.5) is 0 Å². The van der Waals surface area contributed by atoms with E-state index in [4.69, 9.17) is 4.99 Å². The molecular weight excluding hydrogens is 252 g/mol. The van der Waals surface area contributed by atoms with Crippen LogP contribution < -0.4 is 5.32 Å². The number of rotatable bonds is 2. The summed E-state index contributed by atoms with van der Waals surface area (Å²) in [5.41, 5.74) is 0.579. The van der Waals surface area contributed by atoms with Crippen LogP contribution in [-0.2, 0) is 0 Å². The van der Waals surface area contributed by atoms with Crippen LogP contribution in [-0.4, -0.2) is 23.5 Å². The molecule has 0 aromatic heterocycles. The van der Waals surface area contributed by atoms with Crippen molar-refractivity contribution in [3.05, 3.63) is 0 Å². The van der Waals surface area contributed by atoms with Gasteiger partial charge in [0.1, 0.15) is 0 Å². The molecule has 1 aliphatic heterocycles. The number of aliphatic imine (C=N–C) groups is 1. The molecule has 2 fully saturated rings. The maximum atomic E-state index is 4.87. The van der Waals surface area contributed by atoms with Gasteiger partial charge in [0.2, 0.25) is 0 Å². The van der Waals surface area contributed by atoms with Crippen LogP contribution in [0.5, 0.6) is 0 Å². The van der Waals surface area contributed by atoms with Gasteiger partial charge in [0, 0.05) is 18.3 Å². The Balaban J connectivity index is 1.47. The molecule has 0 atom stereocenters. The third-order valence-electron chi connectivity index (χ3n) is 5.49. The van der Waals surface area contributed by atoms with Crippen molar-refractivity contribution in [2.24, 2.45) is 16.3 Å². The highest BCUT2D eigenvalue weighted by Gasteiger charge is 2.36. The Kier molecular flexibility index (Phi) is 4.40. The van der Waals surface area contributed by atoms with Gasteiger partial charge in [-0.3, -0.25) is 4.99 Å². The Morgan fingerprint density at radius 1 is 1.21 bits per heavy atom. The molecule has 3 heteroatoms. The normalized spacial score (nSPS) is 34.3. The van der Waals surface area contributed by atoms with Gasteiger partial charge >= 0.3 is 0 Å². The maximum Gasteiger partial charge on any atom is 0.156 e. The van der Waals surface area contributed by atoms with E-state index in [1.54, 1.807) is 0 Å². The quantitative estimate of drug-likeness (QED) is 0.819. The van der Waals surface area contributed by atoms with Gasteiger partial charge in [-0.05, 0) is 49.9 Å². The molecule has 0 aromatic carbocycles. The fraction of sp³-hybridized carbons (Fsp3) is 0.938. The van der Waals surface area contributed by atoms with Crippen molar-refractivity contribution in [1.29, 1.82) is 0 Å². The Labute approximate surface area is 122 Å². The van der Waals surface area contributed by atoms with Crippen molar-refractivity contribution in [1.82, 2.24) is 5.32 Å². The average Bonchev–Trinajstić information content (AvgIpc) is 2.91. The summed E-state index contributed by atoms with van der Waals surface area (Å²) in [6.45, 7) is 3.42. The van der Waals surface area contributed by atoms with E-state index in [0.29, 0.717) is 11.5 Å². The highest BCUT2D eigenvalue weighted by Crippen LogP contribution is 2.43. The van der Waals surface area contributed by atoms with Crippen molar-refractivity contribution in [3.63, 3.8) is 0 Å². The van der Waals surface area contributed by atoms with Crippen LogP contribution in [0.2, 0.25) is 0 Å². The smallest absolute Gasteiger partial charge is 0.156 e. The van der Waals surface area contributed by atoms with Crippen molar-refractivity contribution < 1.29 is 0 Å². The number of thioether (sulfide) groups is 1. The van der Waals surface area contributed by atoms with E-state index in [1.165, 1.54) is 68.7 Å². The predicted molar refractivity (Wildman–Crippen MR) is 84.8 cm³/mol. The van der Waals surface area contributed by atoms with Gasteiger partial charge < -0.3 is 5.32 Å². The average molecular weight is 280 g/mol. The van der Waals surface area contributed by atoms with Gasteiger partial charge in [0.15, 0.2) is 5.17 Å². The number of hydrogen-bond donors (Lipinski definition) is 1. The molecule has 3 rings (SSSR count). The lowest BCUT2D eigenvalue weighted by atomic mass is 9.85. The highest BCUT2D eigenvalue weighted by molar-refractivity contribution is 8.13. The fourth-order valence-corrected chi connectivity index (χ4v) is 5.19. The largest absolute Gasteiger partial charge is 0.362 e. The fourth-order valence-electron chi connectivity index (χ4n) is 3.96. The molecule has 2 aliphatic carbocycles. The Hall–Kier alpha value is -0.180. The van der Waals surface area contributed by atoms with E-state index in [2.05, 4.69) is 12.2 Å². The summed E-state index contributed by atoms with van der Waals surface area (Å²) >= 11 is 2.00. The Morgan fingerprint density at radius 2 is 1.95 bits per heavy atom. The molecule has 0 saturated heterocycles. The second-order valence-electron chi connectivity index (χ2n) is 6.89. The molecule has 0 unspecified atom stereocenters. The molecule has 0 aromatic rings. The van der Waals surface area contributed by atoms with Gasteiger partial charge in [-0.1, -0.05) is 37.9 Å². The van der Waals surface area contributed by atoms with Crippen LogP contribution in [0.1, 0.15) is 64.7 Å². The van der Waals surface area contributed by atoms with Crippen LogP contribution in [0.25, 0.3) is 0 Å². The van der Waals surface area contributed by atoms with Gasteiger partial charge in [0.05, 0.1) is 0 Å². The predicted octanol–water partition coefficient (Wildman–Crippen LogP) is 4.21. The molecule has 0 radical (unpaired) electrons. The van der Waals surface area contributed by atoms with Crippen molar-refractivity contribution >= 4 is 16.9 Å². The maximum absolute atomic E-state index is 4.87. The zero-order chi connectivity index (χ0) is 13.1. The molecule has 0 amide bonds. The van der Waals surface area contributed by atoms with E-state index in [1.807, 2.05) is 11.8 Å². The minimum atomic E-state index is 0.579. The molecule has 3 aliphatic rings. The Morgan fingerprint density at radius 3 is 2.53 bits per heavy atom. The first kappa shape index (κ1) is 13.8. The highest BCUT2D eigenvalue weighted by atomic mass is 32.2. The number of amidine groups is 1. The second kappa shape index (κ2) is 6.07. The molecule has 108 valence electrons. The van der Waals surface area contributed by atoms with Gasteiger partial charge in [-0.15, -0.1) is 0 Å². The molecule has 0 bridgehead atoms. The second-order valence-corrected chi connectivity index (χ2v) is 7.85. The molecule has 1 N–H and O–H groups in total. The first-order valence-corrected chi connectivity index (χ1v) is 9.22. The minimum Gasteiger partial charge on any atom is -0.362 e. The topological polar surface area (TPSA) is 24.4 Å². The zero-order valence-corrected chi connectivity index (χ0v) is 13.1. The van der Waals surface area contributed by atoms with E-state index in [0.717, 1.165) is 12.5 Å². The lowest BCUT2D eigenvalue weighted by molar-refractivity contribution is 0.305. The molecule has 2 saturated carbocycles. The monoisotopic (exact) mass is 280 g/mol. The summed E-state index contributed by atoms with van der Waals surface area (Å²) in [5, 5.41) is 4.97. The third-order valence-corrected chi connectivity index (χ3v) is 6.77. The summed E-state index contributed by atoms with van der Waals surface area (Å²) in [5.74, 6) is 2.30. The van der Waals surface area contributed by atoms with E-state index >= 15 is 0 Å². The van der Waals surface area contributed by atoms with E-state index < -0.39 is 0 Å². The summed E-state index contributed by atoms with van der Waals surface area (Å²) in [4.78, 5) is 4.87. The zero-order valence-electron chi connectivity index (χ0n) is 12.3. The Bertz CT molecular complexity index is 326. The molecule has 1 heterocycles. The third kappa shape index (κ3) is 3.29. The summed E-state index contributed by atoms with van der Waals surface area (Å²) < 4.78 is 0. The van der Waals surface area contributed by atoms with E-state index in [9.17, 15) is 0 Å². The van der Waals surface area contributed by atoms with Gasteiger partial charge in [0.25, 0.3) is 0 Å². The van der Waals surface area contributed by atoms with Crippen LogP contribution in [0, 0.1) is 11.3 Å². The number of nitrogens with zero attached hydrogens (tertiary/aromatic N) is 1. The van der Waals surface area contributed by atoms with Gasteiger partial charge in [-0.2, -0.15) is 0 Å².